The minimum absolute atomic E-state index is 0.0374. The molecule has 4 heterocycles. The van der Waals surface area contributed by atoms with Crippen molar-refractivity contribution in [3.05, 3.63) is 65.5 Å². The van der Waals surface area contributed by atoms with Crippen LogP contribution in [0.4, 0.5) is 16.0 Å². The zero-order valence-corrected chi connectivity index (χ0v) is 19.4. The van der Waals surface area contributed by atoms with Crippen molar-refractivity contribution in [2.75, 3.05) is 26.0 Å². The molecular weight excluding hydrogens is 433 g/mol. The lowest BCUT2D eigenvalue weighted by molar-refractivity contribution is -0.130. The molecule has 0 saturated heterocycles. The van der Waals surface area contributed by atoms with Crippen LogP contribution in [0.3, 0.4) is 0 Å². The summed E-state index contributed by atoms with van der Waals surface area (Å²) in [4.78, 5) is 22.6. The van der Waals surface area contributed by atoms with Crippen LogP contribution in [0, 0.1) is 12.7 Å². The summed E-state index contributed by atoms with van der Waals surface area (Å²) in [5.74, 6) is 0.950. The van der Waals surface area contributed by atoms with Crippen LogP contribution >= 0.6 is 0 Å². The number of aromatic nitrogens is 4. The highest BCUT2D eigenvalue weighted by Gasteiger charge is 2.19. The molecule has 1 aromatic carbocycles. The van der Waals surface area contributed by atoms with Crippen LogP contribution in [0.25, 0.3) is 21.9 Å². The molecule has 0 radical (unpaired) electrons. The Bertz CT molecular complexity index is 1400. The Morgan fingerprint density at radius 3 is 2.74 bits per heavy atom. The zero-order chi connectivity index (χ0) is 23.8. The number of anilines is 2. The van der Waals surface area contributed by atoms with Gasteiger partial charge in [-0.3, -0.25) is 14.5 Å². The Morgan fingerprint density at radius 2 is 1.91 bits per heavy atom. The molecule has 2 N–H and O–H groups in total. The number of benzene rings is 1. The van der Waals surface area contributed by atoms with E-state index < -0.39 is 0 Å². The molecule has 0 saturated carbocycles. The smallest absolute Gasteiger partial charge is 0.244 e. The van der Waals surface area contributed by atoms with E-state index >= 15 is 4.39 Å². The summed E-state index contributed by atoms with van der Waals surface area (Å²) in [5.41, 5.74) is 4.29. The third-order valence-electron chi connectivity index (χ3n) is 6.32. The second-order valence-electron chi connectivity index (χ2n) is 8.62. The summed E-state index contributed by atoms with van der Waals surface area (Å²) < 4.78 is 16.8. The molecule has 0 spiro atoms. The normalized spacial score (nSPS) is 13.8. The molecule has 4 aromatic rings. The first-order valence-corrected chi connectivity index (χ1v) is 11.2. The zero-order valence-electron chi connectivity index (χ0n) is 19.4. The number of rotatable bonds is 5. The third-order valence-corrected chi connectivity index (χ3v) is 6.32. The summed E-state index contributed by atoms with van der Waals surface area (Å²) in [5, 5.41) is 12.4. The van der Waals surface area contributed by atoms with Crippen LogP contribution in [-0.4, -0.2) is 51.2 Å². The molecule has 34 heavy (non-hydrogen) atoms. The summed E-state index contributed by atoms with van der Waals surface area (Å²) >= 11 is 0. The Balaban J connectivity index is 1.47. The minimum atomic E-state index is -0.311. The van der Waals surface area contributed by atoms with E-state index in [1.807, 2.05) is 32.2 Å². The maximum absolute atomic E-state index is 15.0. The van der Waals surface area contributed by atoms with Crippen molar-refractivity contribution >= 4 is 28.3 Å². The Kier molecular flexibility index (Phi) is 5.70. The van der Waals surface area contributed by atoms with Gasteiger partial charge in [-0.05, 0) is 48.7 Å². The van der Waals surface area contributed by atoms with Gasteiger partial charge in [-0.2, -0.15) is 5.10 Å². The van der Waals surface area contributed by atoms with Crippen molar-refractivity contribution in [1.82, 2.24) is 30.0 Å². The van der Waals surface area contributed by atoms with Gasteiger partial charge in [0.2, 0.25) is 5.91 Å². The van der Waals surface area contributed by atoms with Gasteiger partial charge in [-0.1, -0.05) is 0 Å². The minimum Gasteiger partial charge on any atom is -0.344 e. The van der Waals surface area contributed by atoms with Crippen molar-refractivity contribution in [1.29, 1.82) is 0 Å². The number of hydrogen-bond acceptors (Lipinski definition) is 6. The van der Waals surface area contributed by atoms with Crippen LogP contribution in [-0.2, 0) is 24.3 Å². The van der Waals surface area contributed by atoms with Crippen LogP contribution in [0.15, 0.2) is 42.9 Å². The molecule has 0 unspecified atom stereocenters. The van der Waals surface area contributed by atoms with Gasteiger partial charge < -0.3 is 15.5 Å². The van der Waals surface area contributed by atoms with Crippen LogP contribution in [0.1, 0.15) is 16.8 Å². The number of amides is 1. The molecule has 1 amide bonds. The van der Waals surface area contributed by atoms with Crippen molar-refractivity contribution in [3.63, 3.8) is 0 Å². The summed E-state index contributed by atoms with van der Waals surface area (Å²) in [6.07, 6.45) is 5.89. The highest BCUT2D eigenvalue weighted by molar-refractivity contribution is 5.89. The number of halogens is 1. The van der Waals surface area contributed by atoms with Crippen molar-refractivity contribution in [2.45, 2.75) is 26.4 Å². The number of carbonyl (C=O) groups is 1. The SMILES string of the molecule is CNCc1cncc(-c2cc3cc(Nc4cc5n(n4)CC(=O)N(C)CC5)ncc3cc2F)c1C. The number of hydrogen-bond donors (Lipinski definition) is 2. The second kappa shape index (κ2) is 8.83. The van der Waals surface area contributed by atoms with Crippen molar-refractivity contribution in [3.8, 4) is 11.1 Å². The third kappa shape index (κ3) is 4.10. The molecular formula is C25H26FN7O. The van der Waals surface area contributed by atoms with E-state index in [4.69, 9.17) is 0 Å². The number of pyridine rings is 2. The average molecular weight is 460 g/mol. The molecule has 174 valence electrons. The molecule has 0 fully saturated rings. The van der Waals surface area contributed by atoms with Gasteiger partial charge in [-0.25, -0.2) is 9.37 Å². The second-order valence-corrected chi connectivity index (χ2v) is 8.62. The van der Waals surface area contributed by atoms with Gasteiger partial charge in [0.1, 0.15) is 18.2 Å². The fourth-order valence-corrected chi connectivity index (χ4v) is 4.29. The van der Waals surface area contributed by atoms with E-state index in [2.05, 4.69) is 25.7 Å². The predicted octanol–water partition coefficient (Wildman–Crippen LogP) is 3.42. The number of nitrogens with zero attached hydrogens (tertiary/aromatic N) is 5. The fraction of sp³-hybridized carbons (Fsp3) is 0.280. The van der Waals surface area contributed by atoms with Gasteiger partial charge in [0.15, 0.2) is 5.82 Å². The van der Waals surface area contributed by atoms with Crippen molar-refractivity contribution in [2.24, 2.45) is 0 Å². The largest absolute Gasteiger partial charge is 0.344 e. The molecule has 3 aromatic heterocycles. The van der Waals surface area contributed by atoms with Crippen LogP contribution < -0.4 is 10.6 Å². The molecule has 0 atom stereocenters. The van der Waals surface area contributed by atoms with E-state index in [0.29, 0.717) is 35.7 Å². The van der Waals surface area contributed by atoms with Gasteiger partial charge in [0.05, 0.1) is 0 Å². The van der Waals surface area contributed by atoms with Crippen molar-refractivity contribution < 1.29 is 9.18 Å². The van der Waals surface area contributed by atoms with E-state index in [1.165, 1.54) is 6.07 Å². The fourth-order valence-electron chi connectivity index (χ4n) is 4.29. The first-order valence-electron chi connectivity index (χ1n) is 11.2. The number of likely N-dealkylation sites (N-methyl/N-ethyl adjacent to an activating group) is 1. The standard InChI is InChI=1S/C25H26FN7O/c1-15-18(10-27-2)11-28-13-21(15)20-6-16-8-23(29-12-17(16)7-22(20)26)30-24-9-19-4-5-32(3)25(34)14-33(19)31-24/h6-9,11-13,27H,4-5,10,14H2,1-3H3,(H,29,30,31). The summed E-state index contributed by atoms with van der Waals surface area (Å²) in [6.45, 7) is 3.53. The number of nitrogens with one attached hydrogen (secondary N) is 2. The van der Waals surface area contributed by atoms with Gasteiger partial charge in [0.25, 0.3) is 0 Å². The van der Waals surface area contributed by atoms with Gasteiger partial charge in [-0.15, -0.1) is 0 Å². The lowest BCUT2D eigenvalue weighted by atomic mass is 9.97. The number of carbonyl (C=O) groups excluding carboxylic acids is 1. The van der Waals surface area contributed by atoms with Gasteiger partial charge >= 0.3 is 0 Å². The Morgan fingerprint density at radius 1 is 1.06 bits per heavy atom. The molecule has 5 rings (SSSR count). The predicted molar refractivity (Wildman–Crippen MR) is 129 cm³/mol. The van der Waals surface area contributed by atoms with Crippen LogP contribution in [0.5, 0.6) is 0 Å². The molecule has 9 heteroatoms. The average Bonchev–Trinajstić information content (AvgIpc) is 3.13. The van der Waals surface area contributed by atoms with Gasteiger partial charge in [0, 0.05) is 73.4 Å². The lowest BCUT2D eigenvalue weighted by Gasteiger charge is -2.13. The first-order chi connectivity index (χ1) is 16.4. The van der Waals surface area contributed by atoms with E-state index in [0.717, 1.165) is 34.2 Å². The van der Waals surface area contributed by atoms with Crippen LogP contribution in [0.2, 0.25) is 0 Å². The maximum Gasteiger partial charge on any atom is 0.244 e. The summed E-state index contributed by atoms with van der Waals surface area (Å²) in [7, 11) is 3.68. The quantitative estimate of drug-likeness (QED) is 0.476. The Hall–Kier alpha value is -3.85. The molecule has 8 nitrogen and oxygen atoms in total. The molecule has 0 bridgehead atoms. The van der Waals surface area contributed by atoms with E-state index in [-0.39, 0.29) is 18.3 Å². The molecule has 0 aliphatic carbocycles. The summed E-state index contributed by atoms with van der Waals surface area (Å²) in [6, 6.07) is 7.16. The highest BCUT2D eigenvalue weighted by atomic mass is 19.1. The van der Waals surface area contributed by atoms with E-state index in [1.54, 1.807) is 35.2 Å². The Labute approximate surface area is 196 Å². The maximum atomic E-state index is 15.0. The highest BCUT2D eigenvalue weighted by Crippen LogP contribution is 2.31. The monoisotopic (exact) mass is 459 g/mol. The lowest BCUT2D eigenvalue weighted by Crippen LogP contribution is -2.29. The molecule has 1 aliphatic rings. The molecule has 1 aliphatic heterocycles. The topological polar surface area (TPSA) is 88.0 Å². The first kappa shape index (κ1) is 22.0. The van der Waals surface area contributed by atoms with E-state index in [9.17, 15) is 4.79 Å². The number of fused-ring (bicyclic) bond motifs is 2.